The second-order valence-corrected chi connectivity index (χ2v) is 6.17. The Morgan fingerprint density at radius 3 is 2.26 bits per heavy atom. The average Bonchev–Trinajstić information content (AvgIpc) is 2.50. The molecule has 130 valence electrons. The monoisotopic (exact) mass is 346 g/mol. The van der Waals surface area contributed by atoms with Crippen LogP contribution in [0.4, 0.5) is 0 Å². The predicted octanol–water partition coefficient (Wildman–Crippen LogP) is 1.30. The van der Waals surface area contributed by atoms with Crippen molar-refractivity contribution in [3.05, 3.63) is 29.8 Å². The van der Waals surface area contributed by atoms with Crippen molar-refractivity contribution in [1.29, 1.82) is 0 Å². The molecule has 0 unspecified atom stereocenters. The van der Waals surface area contributed by atoms with Gasteiger partial charge in [-0.15, -0.1) is 0 Å². The first kappa shape index (κ1) is 19.6. The summed E-state index contributed by atoms with van der Waals surface area (Å²) in [5, 5.41) is 0. The van der Waals surface area contributed by atoms with Crippen molar-refractivity contribution in [2.75, 3.05) is 39.6 Å². The van der Waals surface area contributed by atoms with E-state index in [4.69, 9.17) is 13.7 Å². The number of esters is 1. The zero-order chi connectivity index (χ0) is 17.1. The van der Waals surface area contributed by atoms with Crippen molar-refractivity contribution in [2.24, 2.45) is 0 Å². The molecule has 1 aromatic carbocycles. The van der Waals surface area contributed by atoms with Gasteiger partial charge in [-0.25, -0.2) is 4.79 Å². The van der Waals surface area contributed by atoms with Crippen molar-refractivity contribution in [1.82, 2.24) is 0 Å². The molecule has 0 aliphatic rings. The molecular weight excluding hydrogens is 324 g/mol. The fraction of sp³-hybridized carbons (Fsp3) is 0.533. The van der Waals surface area contributed by atoms with E-state index in [-0.39, 0.29) is 37.9 Å². The first-order chi connectivity index (χ1) is 11.0. The van der Waals surface area contributed by atoms with Gasteiger partial charge in [-0.2, -0.15) is 8.42 Å². The molecule has 0 saturated carbocycles. The molecule has 0 aliphatic heterocycles. The molecular formula is C15H22O7S. The predicted molar refractivity (Wildman–Crippen MR) is 82.6 cm³/mol. The molecule has 0 fully saturated rings. The van der Waals surface area contributed by atoms with Crippen LogP contribution in [0.5, 0.6) is 0 Å². The second-order valence-electron chi connectivity index (χ2n) is 4.56. The molecule has 0 atom stereocenters. The van der Waals surface area contributed by atoms with Gasteiger partial charge in [-0.1, -0.05) is 17.7 Å². The largest absolute Gasteiger partial charge is 0.464 e. The number of hydrogen-bond donors (Lipinski definition) is 0. The highest BCUT2D eigenvalue weighted by Crippen LogP contribution is 2.12. The summed E-state index contributed by atoms with van der Waals surface area (Å²) in [4.78, 5) is 11.1. The first-order valence-electron chi connectivity index (χ1n) is 7.23. The topological polar surface area (TPSA) is 88.1 Å². The van der Waals surface area contributed by atoms with Crippen LogP contribution in [0, 0.1) is 6.92 Å². The van der Waals surface area contributed by atoms with E-state index in [9.17, 15) is 13.2 Å². The van der Waals surface area contributed by atoms with Crippen molar-refractivity contribution in [3.63, 3.8) is 0 Å². The number of aryl methyl sites for hydroxylation is 1. The molecule has 0 heterocycles. The van der Waals surface area contributed by atoms with Crippen LogP contribution in [-0.4, -0.2) is 54.0 Å². The summed E-state index contributed by atoms with van der Waals surface area (Å²) in [6, 6.07) is 6.39. The number of carbonyl (C=O) groups is 1. The van der Waals surface area contributed by atoms with Crippen LogP contribution in [0.3, 0.4) is 0 Å². The van der Waals surface area contributed by atoms with E-state index in [1.807, 2.05) is 6.92 Å². The molecule has 0 amide bonds. The van der Waals surface area contributed by atoms with Gasteiger partial charge in [0.25, 0.3) is 10.1 Å². The van der Waals surface area contributed by atoms with Crippen LogP contribution in [0.15, 0.2) is 29.2 Å². The number of hydrogen-bond acceptors (Lipinski definition) is 7. The lowest BCUT2D eigenvalue weighted by Gasteiger charge is -2.07. The minimum absolute atomic E-state index is 0.0892. The maximum Gasteiger partial charge on any atom is 0.332 e. The number of carbonyl (C=O) groups excluding carboxylic acids is 1. The molecule has 0 radical (unpaired) electrons. The van der Waals surface area contributed by atoms with E-state index in [1.165, 1.54) is 12.1 Å². The minimum atomic E-state index is -3.76. The third kappa shape index (κ3) is 8.08. The Labute approximate surface area is 136 Å². The van der Waals surface area contributed by atoms with E-state index in [0.29, 0.717) is 6.61 Å². The minimum Gasteiger partial charge on any atom is -0.464 e. The van der Waals surface area contributed by atoms with Crippen LogP contribution in [-0.2, 0) is 33.3 Å². The van der Waals surface area contributed by atoms with E-state index < -0.39 is 16.1 Å². The van der Waals surface area contributed by atoms with Gasteiger partial charge in [0.05, 0.1) is 37.9 Å². The lowest BCUT2D eigenvalue weighted by atomic mass is 10.2. The summed E-state index contributed by atoms with van der Waals surface area (Å²) in [5.41, 5.74) is 0.968. The highest BCUT2D eigenvalue weighted by molar-refractivity contribution is 7.86. The normalized spacial score (nSPS) is 11.4. The molecule has 0 saturated heterocycles. The van der Waals surface area contributed by atoms with Crippen LogP contribution in [0.2, 0.25) is 0 Å². The van der Waals surface area contributed by atoms with Gasteiger partial charge in [0, 0.05) is 0 Å². The van der Waals surface area contributed by atoms with Crippen LogP contribution < -0.4 is 0 Å². The maximum atomic E-state index is 11.9. The summed E-state index contributed by atoms with van der Waals surface area (Å²) < 4.78 is 43.4. The lowest BCUT2D eigenvalue weighted by molar-refractivity contribution is -0.148. The molecule has 0 aromatic heterocycles. The van der Waals surface area contributed by atoms with Crippen LogP contribution in [0.25, 0.3) is 0 Å². The highest BCUT2D eigenvalue weighted by Gasteiger charge is 2.14. The molecule has 8 heteroatoms. The smallest absolute Gasteiger partial charge is 0.332 e. The zero-order valence-electron chi connectivity index (χ0n) is 13.3. The molecule has 7 nitrogen and oxygen atoms in total. The Hall–Kier alpha value is -1.48. The van der Waals surface area contributed by atoms with Crippen molar-refractivity contribution >= 4 is 16.1 Å². The Bertz CT molecular complexity index is 566. The summed E-state index contributed by atoms with van der Waals surface area (Å²) in [6.45, 7) is 4.22. The Morgan fingerprint density at radius 2 is 1.61 bits per heavy atom. The molecule has 0 bridgehead atoms. The SMILES string of the molecule is CCOC(=O)COCCOCCOS(=O)(=O)c1ccc(C)cc1. The summed E-state index contributed by atoms with van der Waals surface area (Å²) in [5.74, 6) is -0.431. The third-order valence-corrected chi connectivity index (χ3v) is 4.00. The lowest BCUT2D eigenvalue weighted by Crippen LogP contribution is -2.16. The van der Waals surface area contributed by atoms with Crippen molar-refractivity contribution in [3.8, 4) is 0 Å². The van der Waals surface area contributed by atoms with Gasteiger partial charge in [0.15, 0.2) is 0 Å². The zero-order valence-corrected chi connectivity index (χ0v) is 14.1. The van der Waals surface area contributed by atoms with Gasteiger partial charge in [-0.05, 0) is 26.0 Å². The van der Waals surface area contributed by atoms with E-state index in [0.717, 1.165) is 5.56 Å². The van der Waals surface area contributed by atoms with Gasteiger partial charge >= 0.3 is 5.97 Å². The second kappa shape index (κ2) is 10.3. The average molecular weight is 346 g/mol. The van der Waals surface area contributed by atoms with E-state index >= 15 is 0 Å². The number of ether oxygens (including phenoxy) is 3. The maximum absolute atomic E-state index is 11.9. The van der Waals surface area contributed by atoms with E-state index in [1.54, 1.807) is 19.1 Å². The van der Waals surface area contributed by atoms with Gasteiger partial charge < -0.3 is 14.2 Å². The molecule has 0 N–H and O–H groups in total. The summed E-state index contributed by atoms with van der Waals surface area (Å²) >= 11 is 0. The highest BCUT2D eigenvalue weighted by atomic mass is 32.2. The Kier molecular flexibility index (Phi) is 8.78. The molecule has 23 heavy (non-hydrogen) atoms. The van der Waals surface area contributed by atoms with Gasteiger partial charge in [0.2, 0.25) is 0 Å². The van der Waals surface area contributed by atoms with Gasteiger partial charge in [-0.3, -0.25) is 4.18 Å². The summed E-state index contributed by atoms with van der Waals surface area (Å²) in [7, 11) is -3.76. The molecule has 0 aliphatic carbocycles. The van der Waals surface area contributed by atoms with Crippen LogP contribution in [0.1, 0.15) is 12.5 Å². The van der Waals surface area contributed by atoms with Crippen molar-refractivity contribution in [2.45, 2.75) is 18.7 Å². The molecule has 0 spiro atoms. The first-order valence-corrected chi connectivity index (χ1v) is 8.63. The van der Waals surface area contributed by atoms with E-state index in [2.05, 4.69) is 4.74 Å². The van der Waals surface area contributed by atoms with Crippen molar-refractivity contribution < 1.29 is 31.6 Å². The fourth-order valence-electron chi connectivity index (χ4n) is 1.55. The van der Waals surface area contributed by atoms with Crippen LogP contribution >= 0.6 is 0 Å². The standard InChI is InChI=1S/C15H22O7S/c1-3-21-15(16)12-20-9-8-19-10-11-22-23(17,18)14-6-4-13(2)5-7-14/h4-7H,3,8-12H2,1-2H3. The molecule has 1 aromatic rings. The Balaban J connectivity index is 2.13. The summed E-state index contributed by atoms with van der Waals surface area (Å²) in [6.07, 6.45) is 0. The van der Waals surface area contributed by atoms with Gasteiger partial charge in [0.1, 0.15) is 6.61 Å². The quantitative estimate of drug-likeness (QED) is 0.339. The molecule has 1 rings (SSSR count). The third-order valence-electron chi connectivity index (χ3n) is 2.67. The fourth-order valence-corrected chi connectivity index (χ4v) is 2.45. The number of benzene rings is 1. The Morgan fingerprint density at radius 1 is 1.00 bits per heavy atom. The number of rotatable bonds is 11.